The van der Waals surface area contributed by atoms with Gasteiger partial charge in [-0.15, -0.1) is 0 Å². The highest BCUT2D eigenvalue weighted by molar-refractivity contribution is 5.83. The number of carbonyl (C=O) groups excluding carboxylic acids is 1. The minimum atomic E-state index is 0.0936. The van der Waals surface area contributed by atoms with Crippen LogP contribution in [-0.4, -0.2) is 12.3 Å². The molecule has 0 N–H and O–H groups in total. The topological polar surface area (TPSA) is 29.5 Å². The van der Waals surface area contributed by atoms with Crippen molar-refractivity contribution in [3.8, 4) is 11.5 Å². The van der Waals surface area contributed by atoms with Gasteiger partial charge in [-0.1, -0.05) is 30.3 Å². The molecule has 0 aromatic heterocycles. The van der Waals surface area contributed by atoms with Gasteiger partial charge in [-0.05, 0) is 18.2 Å². The minimum Gasteiger partial charge on any atom is -0.455 e. The van der Waals surface area contributed by atoms with Crippen molar-refractivity contribution >= 4 is 11.5 Å². The summed E-state index contributed by atoms with van der Waals surface area (Å²) in [5, 5.41) is 0. The van der Waals surface area contributed by atoms with E-state index in [-0.39, 0.29) is 6.04 Å². The first kappa shape index (κ1) is 11.5. The van der Waals surface area contributed by atoms with Crippen LogP contribution in [0.4, 0.5) is 5.69 Å². The van der Waals surface area contributed by atoms with Gasteiger partial charge in [0.05, 0.1) is 11.7 Å². The normalized spacial score (nSPS) is 20.3. The Bertz CT molecular complexity index is 680. The molecule has 4 rings (SSSR count). The molecule has 0 amide bonds. The summed E-state index contributed by atoms with van der Waals surface area (Å²) in [6, 6.07) is 16.2. The zero-order valence-corrected chi connectivity index (χ0v) is 11.1. The molecule has 1 unspecified atom stereocenters. The fraction of sp³-hybridized carbons (Fsp3) is 0.235. The summed E-state index contributed by atoms with van der Waals surface area (Å²) < 4.78 is 6.08. The van der Waals surface area contributed by atoms with Gasteiger partial charge in [0.15, 0.2) is 5.75 Å². The van der Waals surface area contributed by atoms with Gasteiger partial charge in [0, 0.05) is 24.9 Å². The number of ketones is 1. The number of para-hydroxylation sites is 3. The number of nitrogens with zero attached hydrogens (tertiary/aromatic N) is 1. The summed E-state index contributed by atoms with van der Waals surface area (Å²) in [4.78, 5) is 14.2. The van der Waals surface area contributed by atoms with Gasteiger partial charge in [-0.3, -0.25) is 4.79 Å². The van der Waals surface area contributed by atoms with Crippen LogP contribution in [0, 0.1) is 0 Å². The van der Waals surface area contributed by atoms with Crippen LogP contribution >= 0.6 is 0 Å². The fourth-order valence-electron chi connectivity index (χ4n) is 3.14. The molecule has 2 aromatic rings. The lowest BCUT2D eigenvalue weighted by molar-refractivity contribution is -0.120. The van der Waals surface area contributed by atoms with E-state index in [1.165, 1.54) is 0 Å². The van der Waals surface area contributed by atoms with Gasteiger partial charge < -0.3 is 9.64 Å². The van der Waals surface area contributed by atoms with E-state index in [2.05, 4.69) is 17.0 Å². The molecular formula is C17H15NO2. The van der Waals surface area contributed by atoms with Crippen molar-refractivity contribution in [3.63, 3.8) is 0 Å². The van der Waals surface area contributed by atoms with Gasteiger partial charge in [0.25, 0.3) is 0 Å². The molecule has 20 heavy (non-hydrogen) atoms. The number of benzene rings is 2. The van der Waals surface area contributed by atoms with E-state index in [1.54, 1.807) is 0 Å². The third-order valence-corrected chi connectivity index (χ3v) is 4.10. The molecule has 1 saturated heterocycles. The predicted molar refractivity (Wildman–Crippen MR) is 77.3 cm³/mol. The Morgan fingerprint density at radius 2 is 1.75 bits per heavy atom. The van der Waals surface area contributed by atoms with E-state index < -0.39 is 0 Å². The molecule has 3 heteroatoms. The van der Waals surface area contributed by atoms with Gasteiger partial charge in [0.1, 0.15) is 11.5 Å². The van der Waals surface area contributed by atoms with E-state index in [1.807, 2.05) is 36.4 Å². The molecule has 0 saturated carbocycles. The molecular weight excluding hydrogens is 250 g/mol. The quantitative estimate of drug-likeness (QED) is 0.727. The Balaban J connectivity index is 1.92. The summed E-state index contributed by atoms with van der Waals surface area (Å²) in [6.07, 6.45) is 1.18. The zero-order valence-electron chi connectivity index (χ0n) is 11.1. The number of hydrogen-bond donors (Lipinski definition) is 0. The first-order valence-electron chi connectivity index (χ1n) is 6.97. The minimum absolute atomic E-state index is 0.0936. The number of Topliss-reactive ketones (excluding diaryl/α,β-unsaturated/α-hetero) is 1. The highest BCUT2D eigenvalue weighted by Crippen LogP contribution is 2.46. The number of fused-ring (bicyclic) bond motifs is 5. The molecule has 1 fully saturated rings. The Kier molecular flexibility index (Phi) is 2.52. The molecule has 0 radical (unpaired) electrons. The SMILES string of the molecule is O=C1CCN2c3ccccc3Oc3ccccc3C2C1. The maximum atomic E-state index is 11.9. The number of ether oxygens (including phenoxy) is 1. The van der Waals surface area contributed by atoms with Crippen LogP contribution in [0.25, 0.3) is 0 Å². The highest BCUT2D eigenvalue weighted by Gasteiger charge is 2.34. The lowest BCUT2D eigenvalue weighted by Crippen LogP contribution is -2.36. The monoisotopic (exact) mass is 265 g/mol. The highest BCUT2D eigenvalue weighted by atomic mass is 16.5. The van der Waals surface area contributed by atoms with E-state index in [0.29, 0.717) is 18.6 Å². The zero-order chi connectivity index (χ0) is 13.5. The number of anilines is 1. The largest absolute Gasteiger partial charge is 0.455 e. The van der Waals surface area contributed by atoms with Crippen molar-refractivity contribution in [2.45, 2.75) is 18.9 Å². The summed E-state index contributed by atoms with van der Waals surface area (Å²) in [5.74, 6) is 2.07. The molecule has 2 heterocycles. The van der Waals surface area contributed by atoms with Gasteiger partial charge >= 0.3 is 0 Å². The molecule has 2 aliphatic rings. The smallest absolute Gasteiger partial charge is 0.150 e. The second kappa shape index (κ2) is 4.37. The summed E-state index contributed by atoms with van der Waals surface area (Å²) in [7, 11) is 0. The molecule has 0 bridgehead atoms. The Morgan fingerprint density at radius 1 is 1.00 bits per heavy atom. The lowest BCUT2D eigenvalue weighted by Gasteiger charge is -2.35. The van der Waals surface area contributed by atoms with Gasteiger partial charge in [-0.25, -0.2) is 0 Å². The summed E-state index contributed by atoms with van der Waals surface area (Å²) >= 11 is 0. The van der Waals surface area contributed by atoms with Crippen LogP contribution in [0.3, 0.4) is 0 Å². The third kappa shape index (κ3) is 1.70. The molecule has 100 valence electrons. The number of carbonyl (C=O) groups is 1. The third-order valence-electron chi connectivity index (χ3n) is 4.10. The molecule has 3 nitrogen and oxygen atoms in total. The second-order valence-electron chi connectivity index (χ2n) is 5.31. The average molecular weight is 265 g/mol. The number of rotatable bonds is 0. The van der Waals surface area contributed by atoms with Crippen molar-refractivity contribution in [3.05, 3.63) is 54.1 Å². The molecule has 1 atom stereocenters. The van der Waals surface area contributed by atoms with E-state index in [4.69, 9.17) is 4.74 Å². The molecule has 2 aromatic carbocycles. The number of piperidine rings is 1. The summed E-state index contributed by atoms with van der Waals surface area (Å²) in [5.41, 5.74) is 2.19. The molecule has 2 aliphatic heterocycles. The van der Waals surface area contributed by atoms with Crippen molar-refractivity contribution in [2.75, 3.05) is 11.4 Å². The van der Waals surface area contributed by atoms with Crippen LogP contribution in [-0.2, 0) is 4.79 Å². The first-order chi connectivity index (χ1) is 9.83. The Hall–Kier alpha value is -2.29. The van der Waals surface area contributed by atoms with Crippen LogP contribution in [0.15, 0.2) is 48.5 Å². The van der Waals surface area contributed by atoms with Crippen LogP contribution in [0.1, 0.15) is 24.4 Å². The van der Waals surface area contributed by atoms with Crippen LogP contribution in [0.2, 0.25) is 0 Å². The second-order valence-corrected chi connectivity index (χ2v) is 5.31. The molecule has 0 aliphatic carbocycles. The van der Waals surface area contributed by atoms with Gasteiger partial charge in [0.2, 0.25) is 0 Å². The van der Waals surface area contributed by atoms with E-state index in [0.717, 1.165) is 29.3 Å². The maximum Gasteiger partial charge on any atom is 0.150 e. The first-order valence-corrected chi connectivity index (χ1v) is 6.97. The van der Waals surface area contributed by atoms with Crippen molar-refractivity contribution < 1.29 is 9.53 Å². The van der Waals surface area contributed by atoms with Crippen molar-refractivity contribution in [1.82, 2.24) is 0 Å². The summed E-state index contributed by atoms with van der Waals surface area (Å²) in [6.45, 7) is 0.762. The van der Waals surface area contributed by atoms with Crippen LogP contribution in [0.5, 0.6) is 11.5 Å². The Labute approximate surface area is 117 Å². The fourth-order valence-corrected chi connectivity index (χ4v) is 3.14. The maximum absolute atomic E-state index is 11.9. The van der Waals surface area contributed by atoms with Crippen LogP contribution < -0.4 is 9.64 Å². The standard InChI is InChI=1S/C17H15NO2/c19-12-9-10-18-14-6-2-4-8-17(14)20-16-7-3-1-5-13(16)15(18)11-12/h1-8,15H,9-11H2. The average Bonchev–Trinajstić information content (AvgIpc) is 2.61. The van der Waals surface area contributed by atoms with Crippen molar-refractivity contribution in [1.29, 1.82) is 0 Å². The predicted octanol–water partition coefficient (Wildman–Crippen LogP) is 3.70. The van der Waals surface area contributed by atoms with Crippen molar-refractivity contribution in [2.24, 2.45) is 0 Å². The Morgan fingerprint density at radius 3 is 2.65 bits per heavy atom. The number of hydrogen-bond acceptors (Lipinski definition) is 3. The van der Waals surface area contributed by atoms with E-state index in [9.17, 15) is 4.79 Å². The molecule has 0 spiro atoms. The van der Waals surface area contributed by atoms with E-state index >= 15 is 0 Å². The lowest BCUT2D eigenvalue weighted by atomic mass is 9.93. The van der Waals surface area contributed by atoms with Gasteiger partial charge in [-0.2, -0.15) is 0 Å².